The van der Waals surface area contributed by atoms with E-state index in [2.05, 4.69) is 26.1 Å². The maximum Gasteiger partial charge on any atom is 0.238 e. The lowest BCUT2D eigenvalue weighted by molar-refractivity contribution is -0.122. The largest absolute Gasteiger partial charge is 0.497 e. The molecular formula is C20H23N5O2. The standard InChI is InChI=1S/C20H23N5O2/c1-27-15-4-5-17-16(9-15)13(12-23-17)6-8-22-20(26)19-10-18(24-25-19)14-3-2-7-21-11-14/h2-5,7,9,11-12,18-19,23-25H,6,8,10H2,1H3,(H,22,26). The molecule has 2 unspecified atom stereocenters. The van der Waals surface area contributed by atoms with Crippen LogP contribution in [0.15, 0.2) is 48.9 Å². The number of methoxy groups -OCH3 is 1. The molecule has 7 heteroatoms. The fraction of sp³-hybridized carbons (Fsp3) is 0.300. The van der Waals surface area contributed by atoms with Crippen molar-refractivity contribution >= 4 is 16.8 Å². The highest BCUT2D eigenvalue weighted by atomic mass is 16.5. The van der Waals surface area contributed by atoms with Crippen LogP contribution in [0.25, 0.3) is 10.9 Å². The minimum absolute atomic E-state index is 0.00584. The average molecular weight is 365 g/mol. The third-order valence-electron chi connectivity index (χ3n) is 4.97. The first kappa shape index (κ1) is 17.5. The Bertz CT molecular complexity index is 925. The predicted octanol–water partition coefficient (Wildman–Crippen LogP) is 1.84. The zero-order valence-electron chi connectivity index (χ0n) is 15.2. The van der Waals surface area contributed by atoms with E-state index >= 15 is 0 Å². The lowest BCUT2D eigenvalue weighted by Gasteiger charge is -2.10. The van der Waals surface area contributed by atoms with Crippen LogP contribution in [0, 0.1) is 0 Å². The number of aromatic nitrogens is 2. The molecule has 1 aromatic carbocycles. The number of ether oxygens (including phenoxy) is 1. The predicted molar refractivity (Wildman–Crippen MR) is 103 cm³/mol. The molecule has 4 rings (SSSR count). The van der Waals surface area contributed by atoms with Gasteiger partial charge in [-0.1, -0.05) is 6.07 Å². The van der Waals surface area contributed by atoms with Crippen molar-refractivity contribution < 1.29 is 9.53 Å². The fourth-order valence-corrected chi connectivity index (χ4v) is 3.46. The fourth-order valence-electron chi connectivity index (χ4n) is 3.46. The van der Waals surface area contributed by atoms with Crippen LogP contribution in [0.3, 0.4) is 0 Å². The number of nitrogens with one attached hydrogen (secondary N) is 4. The van der Waals surface area contributed by atoms with Crippen LogP contribution >= 0.6 is 0 Å². The molecule has 0 spiro atoms. The maximum atomic E-state index is 12.5. The van der Waals surface area contributed by atoms with Crippen LogP contribution in [0.1, 0.15) is 23.6 Å². The lowest BCUT2D eigenvalue weighted by Crippen LogP contribution is -2.43. The first-order chi connectivity index (χ1) is 13.2. The SMILES string of the molecule is COc1ccc2[nH]cc(CCNC(=O)C3CC(c4cccnc4)NN3)c2c1. The molecule has 2 atom stereocenters. The molecule has 3 heterocycles. The zero-order valence-corrected chi connectivity index (χ0v) is 15.2. The van der Waals surface area contributed by atoms with Gasteiger partial charge in [0.05, 0.1) is 7.11 Å². The number of hydrazine groups is 1. The molecule has 140 valence electrons. The molecule has 2 aromatic heterocycles. The number of H-pyrrole nitrogens is 1. The normalized spacial score (nSPS) is 19.3. The minimum Gasteiger partial charge on any atom is -0.497 e. The molecule has 1 saturated heterocycles. The molecule has 1 amide bonds. The number of pyridine rings is 1. The Morgan fingerprint density at radius 1 is 1.33 bits per heavy atom. The van der Waals surface area contributed by atoms with E-state index in [1.807, 2.05) is 42.7 Å². The van der Waals surface area contributed by atoms with Gasteiger partial charge in [0.2, 0.25) is 5.91 Å². The number of benzene rings is 1. The van der Waals surface area contributed by atoms with Gasteiger partial charge in [0.15, 0.2) is 0 Å². The van der Waals surface area contributed by atoms with E-state index in [0.717, 1.165) is 34.2 Å². The quantitative estimate of drug-likeness (QED) is 0.535. The van der Waals surface area contributed by atoms with Gasteiger partial charge in [-0.25, -0.2) is 10.9 Å². The second-order valence-corrected chi connectivity index (χ2v) is 6.68. The van der Waals surface area contributed by atoms with Gasteiger partial charge in [0.1, 0.15) is 11.8 Å². The molecular weight excluding hydrogens is 342 g/mol. The van der Waals surface area contributed by atoms with Crippen molar-refractivity contribution in [1.29, 1.82) is 0 Å². The van der Waals surface area contributed by atoms with Gasteiger partial charge in [-0.05, 0) is 48.2 Å². The van der Waals surface area contributed by atoms with Crippen molar-refractivity contribution in [3.8, 4) is 5.75 Å². The van der Waals surface area contributed by atoms with E-state index in [9.17, 15) is 4.79 Å². The van der Waals surface area contributed by atoms with Gasteiger partial charge in [-0.3, -0.25) is 9.78 Å². The van der Waals surface area contributed by atoms with Crippen molar-refractivity contribution in [2.75, 3.05) is 13.7 Å². The van der Waals surface area contributed by atoms with Crippen molar-refractivity contribution in [3.05, 3.63) is 60.0 Å². The Morgan fingerprint density at radius 2 is 2.26 bits per heavy atom. The van der Waals surface area contributed by atoms with Crippen LogP contribution in [-0.4, -0.2) is 35.6 Å². The monoisotopic (exact) mass is 365 g/mol. The Morgan fingerprint density at radius 3 is 3.07 bits per heavy atom. The topological polar surface area (TPSA) is 91.1 Å². The molecule has 0 saturated carbocycles. The van der Waals surface area contributed by atoms with Crippen LogP contribution in [0.5, 0.6) is 5.75 Å². The van der Waals surface area contributed by atoms with Gasteiger partial charge >= 0.3 is 0 Å². The molecule has 27 heavy (non-hydrogen) atoms. The van der Waals surface area contributed by atoms with Gasteiger partial charge in [-0.15, -0.1) is 0 Å². The number of amides is 1. The summed E-state index contributed by atoms with van der Waals surface area (Å²) in [4.78, 5) is 19.9. The van der Waals surface area contributed by atoms with Gasteiger partial charge in [0.25, 0.3) is 0 Å². The molecule has 4 N–H and O–H groups in total. The summed E-state index contributed by atoms with van der Waals surface area (Å²) in [5, 5.41) is 4.15. The average Bonchev–Trinajstić information content (AvgIpc) is 3.36. The molecule has 0 bridgehead atoms. The molecule has 1 aliphatic rings. The summed E-state index contributed by atoms with van der Waals surface area (Å²) < 4.78 is 5.30. The molecule has 3 aromatic rings. The third-order valence-corrected chi connectivity index (χ3v) is 4.97. The number of carbonyl (C=O) groups is 1. The van der Waals surface area contributed by atoms with Crippen molar-refractivity contribution in [1.82, 2.24) is 26.1 Å². The van der Waals surface area contributed by atoms with Gasteiger partial charge in [0, 0.05) is 42.1 Å². The zero-order chi connectivity index (χ0) is 18.6. The van der Waals surface area contributed by atoms with Gasteiger partial charge < -0.3 is 15.0 Å². The van der Waals surface area contributed by atoms with Crippen LogP contribution < -0.4 is 20.9 Å². The van der Waals surface area contributed by atoms with E-state index in [4.69, 9.17) is 4.74 Å². The molecule has 7 nitrogen and oxygen atoms in total. The summed E-state index contributed by atoms with van der Waals surface area (Å²) in [7, 11) is 1.66. The van der Waals surface area contributed by atoms with E-state index < -0.39 is 0 Å². The molecule has 0 radical (unpaired) electrons. The second kappa shape index (κ2) is 7.77. The number of hydrogen-bond donors (Lipinski definition) is 4. The summed E-state index contributed by atoms with van der Waals surface area (Å²) in [6.45, 7) is 0.582. The Kier molecular flexibility index (Phi) is 5.04. The Labute approximate surface area is 157 Å². The number of nitrogens with zero attached hydrogens (tertiary/aromatic N) is 1. The number of hydrogen-bond acceptors (Lipinski definition) is 5. The molecule has 1 aliphatic heterocycles. The van der Waals surface area contributed by atoms with Crippen molar-refractivity contribution in [2.24, 2.45) is 0 Å². The number of carbonyl (C=O) groups excluding carboxylic acids is 1. The maximum absolute atomic E-state index is 12.5. The van der Waals surface area contributed by atoms with E-state index in [-0.39, 0.29) is 18.0 Å². The summed E-state index contributed by atoms with van der Waals surface area (Å²) in [5.41, 5.74) is 9.56. The number of aromatic amines is 1. The highest BCUT2D eigenvalue weighted by Crippen LogP contribution is 2.24. The number of rotatable bonds is 6. The minimum atomic E-state index is -0.252. The first-order valence-electron chi connectivity index (χ1n) is 9.07. The highest BCUT2D eigenvalue weighted by molar-refractivity contribution is 5.85. The summed E-state index contributed by atoms with van der Waals surface area (Å²) in [6.07, 6.45) is 7.01. The van der Waals surface area contributed by atoms with E-state index in [1.54, 1.807) is 13.3 Å². The Hall–Kier alpha value is -2.90. The van der Waals surface area contributed by atoms with Crippen molar-refractivity contribution in [3.63, 3.8) is 0 Å². The highest BCUT2D eigenvalue weighted by Gasteiger charge is 2.29. The first-order valence-corrected chi connectivity index (χ1v) is 9.07. The second-order valence-electron chi connectivity index (χ2n) is 6.68. The van der Waals surface area contributed by atoms with Gasteiger partial charge in [-0.2, -0.15) is 0 Å². The summed E-state index contributed by atoms with van der Waals surface area (Å²) >= 11 is 0. The van der Waals surface area contributed by atoms with Crippen LogP contribution in [0.2, 0.25) is 0 Å². The Balaban J connectivity index is 1.31. The van der Waals surface area contributed by atoms with E-state index in [0.29, 0.717) is 13.0 Å². The lowest BCUT2D eigenvalue weighted by atomic mass is 10.0. The number of fused-ring (bicyclic) bond motifs is 1. The molecule has 1 fully saturated rings. The smallest absolute Gasteiger partial charge is 0.238 e. The van der Waals surface area contributed by atoms with Crippen LogP contribution in [0.4, 0.5) is 0 Å². The van der Waals surface area contributed by atoms with Crippen LogP contribution in [-0.2, 0) is 11.2 Å². The summed E-state index contributed by atoms with van der Waals surface area (Å²) in [6, 6.07) is 9.71. The van der Waals surface area contributed by atoms with E-state index in [1.165, 1.54) is 0 Å². The molecule has 0 aliphatic carbocycles. The van der Waals surface area contributed by atoms with Crippen molar-refractivity contribution in [2.45, 2.75) is 24.9 Å². The third kappa shape index (κ3) is 3.79. The summed E-state index contributed by atoms with van der Waals surface area (Å²) in [5.74, 6) is 0.835.